The predicted molar refractivity (Wildman–Crippen MR) is 121 cm³/mol. The molecule has 29 heavy (non-hydrogen) atoms. The summed E-state index contributed by atoms with van der Waals surface area (Å²) in [6, 6.07) is 13.1. The Labute approximate surface area is 174 Å². The first-order chi connectivity index (χ1) is 13.9. The van der Waals surface area contributed by atoms with Gasteiger partial charge in [0, 0.05) is 17.3 Å². The lowest BCUT2D eigenvalue weighted by atomic mass is 9.97. The molecule has 0 bridgehead atoms. The number of aromatic hydroxyl groups is 1. The zero-order valence-electron chi connectivity index (χ0n) is 17.7. The average molecular weight is 388 g/mol. The summed E-state index contributed by atoms with van der Waals surface area (Å²) in [6.07, 6.45) is 5.76. The van der Waals surface area contributed by atoms with Gasteiger partial charge in [-0.05, 0) is 80.1 Å². The first kappa shape index (κ1) is 23.7. The van der Waals surface area contributed by atoms with E-state index in [1.165, 1.54) is 6.42 Å². The lowest BCUT2D eigenvalue weighted by Gasteiger charge is -2.07. The van der Waals surface area contributed by atoms with Crippen LogP contribution in [0.25, 0.3) is 0 Å². The second kappa shape index (κ2) is 12.9. The minimum absolute atomic E-state index is 0.255. The van der Waals surface area contributed by atoms with Gasteiger partial charge in [0.15, 0.2) is 0 Å². The fraction of sp³-hybridized carbons (Fsp3) is 0.320. The van der Waals surface area contributed by atoms with Gasteiger partial charge >= 0.3 is 0 Å². The summed E-state index contributed by atoms with van der Waals surface area (Å²) in [5.41, 5.74) is 4.66. The van der Waals surface area contributed by atoms with Crippen molar-refractivity contribution in [3.05, 3.63) is 64.2 Å². The molecule has 2 rings (SSSR count). The molecule has 2 aromatic carbocycles. The fourth-order valence-corrected chi connectivity index (χ4v) is 2.69. The molecule has 0 radical (unpaired) electrons. The van der Waals surface area contributed by atoms with E-state index in [1.54, 1.807) is 25.3 Å². The predicted octanol–water partition coefficient (Wildman–Crippen LogP) is 5.63. The lowest BCUT2D eigenvalue weighted by Crippen LogP contribution is -1.95. The van der Waals surface area contributed by atoms with Crippen molar-refractivity contribution in [1.82, 2.24) is 0 Å². The van der Waals surface area contributed by atoms with E-state index in [4.69, 9.17) is 10.7 Å². The van der Waals surface area contributed by atoms with Gasteiger partial charge in [-0.15, -0.1) is 0 Å². The Morgan fingerprint density at radius 3 is 2.38 bits per heavy atom. The number of hydrogen-bond donors (Lipinski definition) is 2. The number of hydrogen-bond acceptors (Lipinski definition) is 3. The average Bonchev–Trinajstić information content (AvgIpc) is 2.69. The molecule has 2 aromatic rings. The van der Waals surface area contributed by atoms with Crippen molar-refractivity contribution in [2.24, 2.45) is 10.9 Å². The van der Waals surface area contributed by atoms with Crippen LogP contribution in [0.15, 0.2) is 41.4 Å². The van der Waals surface area contributed by atoms with Gasteiger partial charge in [0.2, 0.25) is 0 Å². The smallest absolute Gasteiger partial charge is 0.115 e. The van der Waals surface area contributed by atoms with Crippen LogP contribution in [0.1, 0.15) is 61.4 Å². The molecular weight excluding hydrogens is 358 g/mol. The molecular formula is C25H29N3O. The van der Waals surface area contributed by atoms with Crippen molar-refractivity contribution in [3.8, 4) is 23.7 Å². The Morgan fingerprint density at radius 2 is 1.83 bits per heavy atom. The van der Waals surface area contributed by atoms with E-state index in [0.717, 1.165) is 41.4 Å². The number of benzene rings is 2. The Balaban J connectivity index is 0.000000749. The molecule has 0 amide bonds. The standard InChI is InChI=1S/C22H23NO.C3H6N2/c1-16(2)5-4-6-21-14-18(15-23)7-8-20(21)10-9-19-11-12-22(24)13-17(19)3;1-2-5-3-4/h7-8,11-14,16,24H,4-6H2,1-3H3;2-4H,1H3. The van der Waals surface area contributed by atoms with Crippen LogP contribution in [0.4, 0.5) is 0 Å². The third-order valence-corrected chi connectivity index (χ3v) is 4.23. The molecule has 0 heterocycles. The number of aryl methyl sites for hydroxylation is 2. The van der Waals surface area contributed by atoms with Crippen molar-refractivity contribution in [2.45, 2.75) is 47.0 Å². The van der Waals surface area contributed by atoms with Crippen molar-refractivity contribution in [2.75, 3.05) is 0 Å². The SMILES string of the molecule is CC=NC=N.Cc1cc(O)ccc1C#Cc1ccc(C#N)cc1CCCC(C)C. The monoisotopic (exact) mass is 387 g/mol. The Hall–Kier alpha value is -3.37. The van der Waals surface area contributed by atoms with Crippen LogP contribution in [0, 0.1) is 41.4 Å². The number of phenols is 1. The maximum Gasteiger partial charge on any atom is 0.115 e. The quantitative estimate of drug-likeness (QED) is 0.396. The number of nitriles is 1. The highest BCUT2D eigenvalue weighted by Gasteiger charge is 2.04. The van der Waals surface area contributed by atoms with Gasteiger partial charge in [-0.1, -0.05) is 32.1 Å². The van der Waals surface area contributed by atoms with E-state index < -0.39 is 0 Å². The molecule has 150 valence electrons. The van der Waals surface area contributed by atoms with Crippen LogP contribution in [0.5, 0.6) is 5.75 Å². The van der Waals surface area contributed by atoms with Crippen molar-refractivity contribution in [1.29, 1.82) is 10.7 Å². The summed E-state index contributed by atoms with van der Waals surface area (Å²) in [4.78, 5) is 3.39. The Morgan fingerprint density at radius 1 is 1.14 bits per heavy atom. The second-order valence-electron chi connectivity index (χ2n) is 7.06. The van der Waals surface area contributed by atoms with Crippen molar-refractivity contribution >= 4 is 12.6 Å². The first-order valence-corrected chi connectivity index (χ1v) is 9.72. The molecule has 0 aromatic heterocycles. The molecule has 0 atom stereocenters. The van der Waals surface area contributed by atoms with Gasteiger partial charge < -0.3 is 5.11 Å². The van der Waals surface area contributed by atoms with E-state index >= 15 is 0 Å². The van der Waals surface area contributed by atoms with Crippen molar-refractivity contribution in [3.63, 3.8) is 0 Å². The highest BCUT2D eigenvalue weighted by atomic mass is 16.3. The van der Waals surface area contributed by atoms with E-state index in [2.05, 4.69) is 36.7 Å². The molecule has 0 saturated heterocycles. The zero-order valence-corrected chi connectivity index (χ0v) is 17.7. The zero-order chi connectivity index (χ0) is 21.6. The highest BCUT2D eigenvalue weighted by Crippen LogP contribution is 2.18. The summed E-state index contributed by atoms with van der Waals surface area (Å²) in [5, 5.41) is 24.9. The largest absolute Gasteiger partial charge is 0.508 e. The van der Waals surface area contributed by atoms with Gasteiger partial charge in [0.1, 0.15) is 12.1 Å². The van der Waals surface area contributed by atoms with Crippen LogP contribution in [-0.4, -0.2) is 17.7 Å². The summed E-state index contributed by atoms with van der Waals surface area (Å²) in [6.45, 7) is 8.15. The summed E-state index contributed by atoms with van der Waals surface area (Å²) in [7, 11) is 0. The molecule has 0 spiro atoms. The summed E-state index contributed by atoms with van der Waals surface area (Å²) >= 11 is 0. The van der Waals surface area contributed by atoms with Gasteiger partial charge in [0.05, 0.1) is 11.6 Å². The van der Waals surface area contributed by atoms with Crippen LogP contribution in [0.2, 0.25) is 0 Å². The molecule has 0 unspecified atom stereocenters. The minimum atomic E-state index is 0.255. The number of nitrogens with zero attached hydrogens (tertiary/aromatic N) is 2. The van der Waals surface area contributed by atoms with Gasteiger partial charge in [-0.3, -0.25) is 10.4 Å². The number of nitrogens with one attached hydrogen (secondary N) is 1. The number of rotatable bonds is 5. The molecule has 4 nitrogen and oxygen atoms in total. The molecule has 0 aliphatic heterocycles. The number of aliphatic imine (C=N–C) groups is 1. The molecule has 0 aliphatic carbocycles. The Kier molecular flexibility index (Phi) is 10.5. The maximum absolute atomic E-state index is 9.49. The van der Waals surface area contributed by atoms with E-state index in [9.17, 15) is 5.11 Å². The minimum Gasteiger partial charge on any atom is -0.508 e. The van der Waals surface area contributed by atoms with Gasteiger partial charge in [-0.2, -0.15) is 5.26 Å². The normalized spacial score (nSPS) is 9.93. The summed E-state index contributed by atoms with van der Waals surface area (Å²) in [5.74, 6) is 7.36. The van der Waals surface area contributed by atoms with Crippen molar-refractivity contribution < 1.29 is 5.11 Å². The van der Waals surface area contributed by atoms with Gasteiger partial charge in [-0.25, -0.2) is 0 Å². The number of phenolic OH excluding ortho intramolecular Hbond substituents is 1. The lowest BCUT2D eigenvalue weighted by molar-refractivity contribution is 0.475. The van der Waals surface area contributed by atoms with Crippen LogP contribution in [0.3, 0.4) is 0 Å². The molecule has 2 N–H and O–H groups in total. The third-order valence-electron chi connectivity index (χ3n) is 4.23. The van der Waals surface area contributed by atoms with Gasteiger partial charge in [0.25, 0.3) is 0 Å². The van der Waals surface area contributed by atoms with E-state index in [1.807, 2.05) is 31.2 Å². The fourth-order valence-electron chi connectivity index (χ4n) is 2.69. The summed E-state index contributed by atoms with van der Waals surface area (Å²) < 4.78 is 0. The third kappa shape index (κ3) is 8.91. The maximum atomic E-state index is 9.49. The highest BCUT2D eigenvalue weighted by molar-refractivity contribution is 5.68. The Bertz CT molecular complexity index is 941. The topological polar surface area (TPSA) is 80.2 Å². The first-order valence-electron chi connectivity index (χ1n) is 9.72. The molecule has 0 fully saturated rings. The van der Waals surface area contributed by atoms with Crippen LogP contribution in [-0.2, 0) is 6.42 Å². The molecule has 0 aliphatic rings. The molecule has 4 heteroatoms. The van der Waals surface area contributed by atoms with E-state index in [0.29, 0.717) is 11.5 Å². The van der Waals surface area contributed by atoms with Crippen LogP contribution >= 0.6 is 0 Å². The van der Waals surface area contributed by atoms with Crippen LogP contribution < -0.4 is 0 Å². The second-order valence-corrected chi connectivity index (χ2v) is 7.06. The molecule has 0 saturated carbocycles. The van der Waals surface area contributed by atoms with E-state index in [-0.39, 0.29) is 5.75 Å².